The molecule has 2 bridgehead atoms. The van der Waals surface area contributed by atoms with Crippen molar-refractivity contribution in [2.75, 3.05) is 5.32 Å². The highest BCUT2D eigenvalue weighted by molar-refractivity contribution is 6.02. The molecule has 2 N–H and O–H groups in total. The summed E-state index contributed by atoms with van der Waals surface area (Å²) in [7, 11) is 0. The summed E-state index contributed by atoms with van der Waals surface area (Å²) in [6, 6.07) is 14.8. The number of ether oxygens (including phenoxy) is 1. The summed E-state index contributed by atoms with van der Waals surface area (Å²) in [6.45, 7) is 4.29. The van der Waals surface area contributed by atoms with E-state index in [1.165, 1.54) is 6.42 Å². The van der Waals surface area contributed by atoms with Gasteiger partial charge in [-0.1, -0.05) is 78.9 Å². The maximum absolute atomic E-state index is 14.1. The summed E-state index contributed by atoms with van der Waals surface area (Å²) in [5, 5.41) is 6.22. The summed E-state index contributed by atoms with van der Waals surface area (Å²) in [5.41, 5.74) is 2.68. The highest BCUT2D eigenvalue weighted by Gasteiger charge is 2.72. The number of amides is 3. The molecule has 4 aliphatic rings. The molecule has 3 aliphatic heterocycles. The third kappa shape index (κ3) is 4.23. The minimum Gasteiger partial charge on any atom is -0.359 e. The van der Waals surface area contributed by atoms with E-state index in [-0.39, 0.29) is 30.3 Å². The Balaban J connectivity index is 1.32. The molecule has 1 saturated carbocycles. The second-order valence-electron chi connectivity index (χ2n) is 11.4. The van der Waals surface area contributed by atoms with E-state index in [2.05, 4.69) is 10.6 Å². The van der Waals surface area contributed by atoms with Crippen molar-refractivity contribution >= 4 is 23.4 Å². The third-order valence-corrected chi connectivity index (χ3v) is 8.67. The molecule has 3 fully saturated rings. The average Bonchev–Trinajstić information content (AvgIpc) is 3.55. The van der Waals surface area contributed by atoms with Crippen LogP contribution < -0.4 is 10.6 Å². The van der Waals surface area contributed by atoms with Crippen LogP contribution in [-0.4, -0.2) is 46.4 Å². The second kappa shape index (κ2) is 9.70. The maximum atomic E-state index is 14.1. The van der Waals surface area contributed by atoms with Gasteiger partial charge in [0.25, 0.3) is 0 Å². The van der Waals surface area contributed by atoms with Gasteiger partial charge in [0.05, 0.1) is 17.9 Å². The van der Waals surface area contributed by atoms with Crippen LogP contribution in [0.2, 0.25) is 0 Å². The van der Waals surface area contributed by atoms with Gasteiger partial charge >= 0.3 is 0 Å². The van der Waals surface area contributed by atoms with Crippen LogP contribution in [0.4, 0.5) is 5.69 Å². The molecule has 0 unspecified atom stereocenters. The van der Waals surface area contributed by atoms with E-state index in [0.29, 0.717) is 5.69 Å². The second-order valence-corrected chi connectivity index (χ2v) is 11.4. The summed E-state index contributed by atoms with van der Waals surface area (Å²) >= 11 is 0. The molecule has 2 saturated heterocycles. The van der Waals surface area contributed by atoms with E-state index in [4.69, 9.17) is 4.74 Å². The number of nitrogens with one attached hydrogen (secondary N) is 2. The highest BCUT2D eigenvalue weighted by atomic mass is 16.5. The monoisotopic (exact) mass is 513 g/mol. The molecule has 1 spiro atoms. The van der Waals surface area contributed by atoms with Crippen molar-refractivity contribution in [1.29, 1.82) is 0 Å². The van der Waals surface area contributed by atoms with Crippen molar-refractivity contribution in [2.24, 2.45) is 11.8 Å². The minimum absolute atomic E-state index is 0.103. The number of likely N-dealkylation sites (tertiary alicyclic amines) is 1. The average molecular weight is 514 g/mol. The standard InChI is InChI=1S/C31H35N3O4/c1-19-8-12-21(13-9-19)18-34-27(29(36)33-22-6-4-3-5-7-22)31-17-16-24(38-31)25(26(31)30(34)37)28(35)32-23-14-10-20(2)11-15-23/h8-17,22,24-27H,3-7,18H2,1-2H3,(H,32,35)(H,33,36)/t24-,25+,26-,27+,31+/m1/s1. The van der Waals surface area contributed by atoms with E-state index in [1.54, 1.807) is 4.90 Å². The lowest BCUT2D eigenvalue weighted by Gasteiger charge is -2.34. The molecular formula is C31H35N3O4. The molecule has 7 nitrogen and oxygen atoms in total. The topological polar surface area (TPSA) is 87.7 Å². The maximum Gasteiger partial charge on any atom is 0.246 e. The number of hydrogen-bond acceptors (Lipinski definition) is 4. The molecule has 3 heterocycles. The fraction of sp³-hybridized carbons (Fsp3) is 0.452. The zero-order chi connectivity index (χ0) is 26.4. The van der Waals surface area contributed by atoms with E-state index in [9.17, 15) is 14.4 Å². The molecule has 1 aliphatic carbocycles. The molecule has 38 heavy (non-hydrogen) atoms. The number of carbonyl (C=O) groups excluding carboxylic acids is 3. The minimum atomic E-state index is -1.15. The van der Waals surface area contributed by atoms with Crippen LogP contribution in [0.25, 0.3) is 0 Å². The van der Waals surface area contributed by atoms with Gasteiger partial charge in [0, 0.05) is 18.3 Å². The van der Waals surface area contributed by atoms with Gasteiger partial charge in [-0.15, -0.1) is 0 Å². The Bertz CT molecular complexity index is 1270. The van der Waals surface area contributed by atoms with Gasteiger partial charge in [-0.2, -0.15) is 0 Å². The molecule has 3 amide bonds. The molecule has 198 valence electrons. The van der Waals surface area contributed by atoms with E-state index >= 15 is 0 Å². The van der Waals surface area contributed by atoms with Crippen LogP contribution in [0.5, 0.6) is 0 Å². The van der Waals surface area contributed by atoms with Crippen molar-refractivity contribution in [1.82, 2.24) is 10.2 Å². The predicted octanol–water partition coefficient (Wildman–Crippen LogP) is 4.04. The fourth-order valence-electron chi connectivity index (χ4n) is 6.72. The number of rotatable bonds is 6. The zero-order valence-electron chi connectivity index (χ0n) is 22.0. The van der Waals surface area contributed by atoms with Crippen molar-refractivity contribution < 1.29 is 19.1 Å². The molecule has 2 aromatic carbocycles. The number of fused-ring (bicyclic) bond motifs is 1. The Hall–Kier alpha value is -3.45. The lowest BCUT2D eigenvalue weighted by molar-refractivity contribution is -0.142. The molecule has 0 radical (unpaired) electrons. The summed E-state index contributed by atoms with van der Waals surface area (Å²) in [4.78, 5) is 43.3. The first-order valence-corrected chi connectivity index (χ1v) is 13.8. The number of benzene rings is 2. The Morgan fingerprint density at radius 1 is 0.947 bits per heavy atom. The number of hydrogen-bond donors (Lipinski definition) is 2. The number of aryl methyl sites for hydroxylation is 2. The Morgan fingerprint density at radius 3 is 2.29 bits per heavy atom. The first-order chi connectivity index (χ1) is 18.4. The summed E-state index contributed by atoms with van der Waals surface area (Å²) in [5.74, 6) is -2.11. The van der Waals surface area contributed by atoms with Crippen LogP contribution in [0.15, 0.2) is 60.7 Å². The normalized spacial score (nSPS) is 29.9. The van der Waals surface area contributed by atoms with Gasteiger partial charge in [0.2, 0.25) is 17.7 Å². The van der Waals surface area contributed by atoms with Gasteiger partial charge in [0.15, 0.2) is 0 Å². The van der Waals surface area contributed by atoms with Crippen LogP contribution in [-0.2, 0) is 25.7 Å². The first kappa shape index (κ1) is 24.9. The van der Waals surface area contributed by atoms with Crippen LogP contribution in [0, 0.1) is 25.7 Å². The van der Waals surface area contributed by atoms with Crippen molar-refractivity contribution in [3.05, 3.63) is 77.4 Å². The van der Waals surface area contributed by atoms with Crippen LogP contribution >= 0.6 is 0 Å². The van der Waals surface area contributed by atoms with Gasteiger partial charge in [-0.05, 0) is 44.4 Å². The van der Waals surface area contributed by atoms with Gasteiger partial charge in [0.1, 0.15) is 11.6 Å². The van der Waals surface area contributed by atoms with Crippen molar-refractivity contribution in [3.8, 4) is 0 Å². The SMILES string of the molecule is Cc1ccc(CN2C(=O)[C@H]3[C@@H](C(=O)Nc4ccc(C)cc4)[C@H]4C=C[C@@]3(O4)[C@@H]2C(=O)NC2CCCCC2)cc1. The van der Waals surface area contributed by atoms with Crippen molar-refractivity contribution in [2.45, 2.75) is 76.3 Å². The fourth-order valence-corrected chi connectivity index (χ4v) is 6.72. The van der Waals surface area contributed by atoms with Gasteiger partial charge < -0.3 is 20.3 Å². The third-order valence-electron chi connectivity index (χ3n) is 8.67. The largest absolute Gasteiger partial charge is 0.359 e. The molecule has 2 aromatic rings. The molecule has 6 rings (SSSR count). The number of carbonyl (C=O) groups is 3. The summed E-state index contributed by atoms with van der Waals surface area (Å²) in [6.07, 6.45) is 8.45. The smallest absolute Gasteiger partial charge is 0.246 e. The van der Waals surface area contributed by atoms with E-state index < -0.39 is 29.6 Å². The van der Waals surface area contributed by atoms with E-state index in [0.717, 1.165) is 42.4 Å². The van der Waals surface area contributed by atoms with Crippen LogP contribution in [0.3, 0.4) is 0 Å². The molecule has 7 heteroatoms. The lowest BCUT2D eigenvalue weighted by Crippen LogP contribution is -2.56. The molecular weight excluding hydrogens is 478 g/mol. The lowest BCUT2D eigenvalue weighted by atomic mass is 9.74. The Kier molecular flexibility index (Phi) is 6.34. The van der Waals surface area contributed by atoms with Crippen LogP contribution in [0.1, 0.15) is 48.8 Å². The zero-order valence-corrected chi connectivity index (χ0v) is 22.0. The number of anilines is 1. The predicted molar refractivity (Wildman–Crippen MR) is 144 cm³/mol. The van der Waals surface area contributed by atoms with Gasteiger partial charge in [-0.25, -0.2) is 0 Å². The van der Waals surface area contributed by atoms with Crippen molar-refractivity contribution in [3.63, 3.8) is 0 Å². The summed E-state index contributed by atoms with van der Waals surface area (Å²) < 4.78 is 6.46. The Labute approximate surface area is 223 Å². The van der Waals surface area contributed by atoms with E-state index in [1.807, 2.05) is 74.5 Å². The first-order valence-electron chi connectivity index (χ1n) is 13.8. The Morgan fingerprint density at radius 2 is 1.61 bits per heavy atom. The quantitative estimate of drug-likeness (QED) is 0.571. The molecule has 5 atom stereocenters. The number of nitrogens with zero attached hydrogens (tertiary/aromatic N) is 1. The highest BCUT2D eigenvalue weighted by Crippen LogP contribution is 2.55. The van der Waals surface area contributed by atoms with Gasteiger partial charge in [-0.3, -0.25) is 14.4 Å². The molecule has 0 aromatic heterocycles.